The number of anilines is 1. The molecule has 2 N–H and O–H groups in total. The van der Waals surface area contributed by atoms with Crippen LogP contribution in [0, 0.1) is 24.2 Å². The highest BCUT2D eigenvalue weighted by atomic mass is 16.5. The highest BCUT2D eigenvalue weighted by Crippen LogP contribution is 2.49. The molecule has 2 saturated carbocycles. The van der Waals surface area contributed by atoms with Crippen molar-refractivity contribution in [3.63, 3.8) is 0 Å². The van der Waals surface area contributed by atoms with Gasteiger partial charge in [-0.2, -0.15) is 0 Å². The van der Waals surface area contributed by atoms with E-state index in [4.69, 9.17) is 4.74 Å². The molecule has 286 valence electrons. The first-order chi connectivity index (χ1) is 25.1. The van der Waals surface area contributed by atoms with Gasteiger partial charge in [-0.3, -0.25) is 14.5 Å². The van der Waals surface area contributed by atoms with Crippen LogP contribution in [0.4, 0.5) is 5.69 Å². The van der Waals surface area contributed by atoms with Crippen molar-refractivity contribution in [2.24, 2.45) is 17.3 Å². The Labute approximate surface area is 314 Å². The van der Waals surface area contributed by atoms with Gasteiger partial charge in [-0.05, 0) is 119 Å². The van der Waals surface area contributed by atoms with E-state index in [0.717, 1.165) is 87.5 Å². The number of rotatable bonds is 10. The molecule has 3 unspecified atom stereocenters. The molecule has 0 bridgehead atoms. The average Bonchev–Trinajstić information content (AvgIpc) is 3.13. The van der Waals surface area contributed by atoms with Crippen molar-refractivity contribution in [3.05, 3.63) is 53.1 Å². The first-order valence-electron chi connectivity index (χ1n) is 20.7. The number of piperidine rings is 1. The summed E-state index contributed by atoms with van der Waals surface area (Å²) < 4.78 is 5.55. The normalized spacial score (nSPS) is 27.1. The first kappa shape index (κ1) is 38.8. The molecule has 3 atom stereocenters. The lowest BCUT2D eigenvalue weighted by Gasteiger charge is -2.52. The van der Waals surface area contributed by atoms with Crippen LogP contribution in [0.1, 0.15) is 113 Å². The van der Waals surface area contributed by atoms with E-state index < -0.39 is 0 Å². The molecule has 8 heteroatoms. The molecule has 4 aliphatic rings. The van der Waals surface area contributed by atoms with Crippen LogP contribution in [0.15, 0.2) is 36.4 Å². The van der Waals surface area contributed by atoms with Gasteiger partial charge in [0.1, 0.15) is 0 Å². The Bertz CT molecular complexity index is 1490. The van der Waals surface area contributed by atoms with Gasteiger partial charge in [-0.15, -0.1) is 0 Å². The molecular weight excluding hydrogens is 647 g/mol. The van der Waals surface area contributed by atoms with Gasteiger partial charge in [0.25, 0.3) is 5.91 Å². The molecule has 2 amide bonds. The summed E-state index contributed by atoms with van der Waals surface area (Å²) in [6.07, 6.45) is 13.3. The zero-order valence-corrected chi connectivity index (χ0v) is 33.1. The SMILES string of the molecule is CCN(c1cc(-c2ccc(CN3CCOCC3)cc2)cc(C(=O)NCC2C(=O)NC(C)C3(CCCCCCC3)C2C)c1C)C1CCC(N(C)C)CC1. The van der Waals surface area contributed by atoms with Crippen molar-refractivity contribution in [1.29, 1.82) is 0 Å². The van der Waals surface area contributed by atoms with Crippen LogP contribution in [0.3, 0.4) is 0 Å². The van der Waals surface area contributed by atoms with Gasteiger partial charge in [0.15, 0.2) is 0 Å². The molecule has 6 rings (SSSR count). The molecule has 2 saturated heterocycles. The fourth-order valence-electron chi connectivity index (χ4n) is 10.2. The Morgan fingerprint density at radius 2 is 1.56 bits per heavy atom. The molecule has 2 aromatic carbocycles. The molecule has 0 aromatic heterocycles. The van der Waals surface area contributed by atoms with E-state index in [2.05, 4.69) is 104 Å². The monoisotopic (exact) mass is 714 g/mol. The van der Waals surface area contributed by atoms with Gasteiger partial charge >= 0.3 is 0 Å². The number of ether oxygens (including phenoxy) is 1. The summed E-state index contributed by atoms with van der Waals surface area (Å²) in [4.78, 5) is 35.3. The van der Waals surface area contributed by atoms with Crippen molar-refractivity contribution in [3.8, 4) is 11.1 Å². The standard InChI is InChI=1S/C44H67N5O3/c1-7-49(38-19-17-37(18-20-38)47(5)6)41-28-36(35-15-13-34(14-16-35)30-48-23-25-52-26-24-48)27-39(31(41)2)42(50)45-29-40-32(3)44(33(4)46-43(40)51)21-11-9-8-10-12-22-44/h13-16,27-28,32-33,37-38,40H,7-12,17-26,29-30H2,1-6H3,(H,45,50)(H,46,51). The van der Waals surface area contributed by atoms with Crippen molar-refractivity contribution >= 4 is 17.5 Å². The third kappa shape index (κ3) is 8.55. The van der Waals surface area contributed by atoms with E-state index in [-0.39, 0.29) is 35.1 Å². The van der Waals surface area contributed by atoms with Crippen molar-refractivity contribution in [1.82, 2.24) is 20.4 Å². The fourth-order valence-corrected chi connectivity index (χ4v) is 10.2. The molecule has 2 aliphatic heterocycles. The number of nitrogens with zero attached hydrogens (tertiary/aromatic N) is 3. The molecule has 2 aliphatic carbocycles. The second-order valence-corrected chi connectivity index (χ2v) is 16.8. The summed E-state index contributed by atoms with van der Waals surface area (Å²) in [5.41, 5.74) is 6.45. The van der Waals surface area contributed by atoms with Crippen molar-refractivity contribution < 1.29 is 14.3 Å². The van der Waals surface area contributed by atoms with Gasteiger partial charge < -0.3 is 25.2 Å². The number of benzene rings is 2. The number of hydrogen-bond donors (Lipinski definition) is 2. The van der Waals surface area contributed by atoms with Crippen LogP contribution in [0.25, 0.3) is 11.1 Å². The fraction of sp³-hybridized carbons (Fsp3) is 0.682. The topological polar surface area (TPSA) is 77.1 Å². The number of morpholine rings is 1. The van der Waals surface area contributed by atoms with E-state index in [0.29, 0.717) is 24.2 Å². The second kappa shape index (κ2) is 17.5. The summed E-state index contributed by atoms with van der Waals surface area (Å²) in [6.45, 7) is 14.6. The molecule has 2 heterocycles. The minimum atomic E-state index is -0.236. The Hall–Kier alpha value is -2.94. The first-order valence-corrected chi connectivity index (χ1v) is 20.7. The van der Waals surface area contributed by atoms with Gasteiger partial charge in [-0.25, -0.2) is 0 Å². The zero-order valence-electron chi connectivity index (χ0n) is 33.1. The van der Waals surface area contributed by atoms with Crippen LogP contribution < -0.4 is 15.5 Å². The van der Waals surface area contributed by atoms with Crippen LogP contribution in [0.5, 0.6) is 0 Å². The number of carbonyl (C=O) groups excluding carboxylic acids is 2. The summed E-state index contributed by atoms with van der Waals surface area (Å²) in [5.74, 6) is -0.0221. The summed E-state index contributed by atoms with van der Waals surface area (Å²) in [7, 11) is 4.40. The lowest BCUT2D eigenvalue weighted by Crippen LogP contribution is -2.61. The lowest BCUT2D eigenvalue weighted by atomic mass is 9.58. The molecule has 2 aromatic rings. The Morgan fingerprint density at radius 3 is 2.19 bits per heavy atom. The predicted molar refractivity (Wildman–Crippen MR) is 213 cm³/mol. The Balaban J connectivity index is 1.27. The maximum absolute atomic E-state index is 14.4. The van der Waals surface area contributed by atoms with E-state index >= 15 is 0 Å². The van der Waals surface area contributed by atoms with Crippen LogP contribution in [-0.4, -0.2) is 93.2 Å². The Kier molecular flexibility index (Phi) is 13.0. The quantitative estimate of drug-likeness (QED) is 0.267. The van der Waals surface area contributed by atoms with Crippen LogP contribution in [0.2, 0.25) is 0 Å². The van der Waals surface area contributed by atoms with Crippen LogP contribution in [-0.2, 0) is 16.1 Å². The van der Waals surface area contributed by atoms with Gasteiger partial charge in [-0.1, -0.05) is 63.3 Å². The van der Waals surface area contributed by atoms with Crippen molar-refractivity contribution in [2.45, 2.75) is 123 Å². The summed E-state index contributed by atoms with van der Waals surface area (Å²) >= 11 is 0. The highest BCUT2D eigenvalue weighted by Gasteiger charge is 2.50. The van der Waals surface area contributed by atoms with Crippen molar-refractivity contribution in [2.75, 3.05) is 58.4 Å². The smallest absolute Gasteiger partial charge is 0.251 e. The average molecular weight is 714 g/mol. The zero-order chi connectivity index (χ0) is 36.8. The molecular formula is C44H67N5O3. The summed E-state index contributed by atoms with van der Waals surface area (Å²) in [6, 6.07) is 14.5. The number of carbonyl (C=O) groups is 2. The minimum Gasteiger partial charge on any atom is -0.379 e. The number of amides is 2. The highest BCUT2D eigenvalue weighted by molar-refractivity contribution is 5.99. The maximum Gasteiger partial charge on any atom is 0.251 e. The predicted octanol–water partition coefficient (Wildman–Crippen LogP) is 7.42. The van der Waals surface area contributed by atoms with E-state index in [1.54, 1.807) is 0 Å². The third-order valence-electron chi connectivity index (χ3n) is 13.7. The molecule has 52 heavy (non-hydrogen) atoms. The summed E-state index contributed by atoms with van der Waals surface area (Å²) in [5, 5.41) is 6.68. The number of hydrogen-bond acceptors (Lipinski definition) is 6. The molecule has 8 nitrogen and oxygen atoms in total. The largest absolute Gasteiger partial charge is 0.379 e. The van der Waals surface area contributed by atoms with Gasteiger partial charge in [0.05, 0.1) is 19.1 Å². The van der Waals surface area contributed by atoms with Crippen LogP contribution >= 0.6 is 0 Å². The molecule has 4 fully saturated rings. The van der Waals surface area contributed by atoms with Gasteiger partial charge in [0.2, 0.25) is 5.91 Å². The second-order valence-electron chi connectivity index (χ2n) is 16.8. The third-order valence-corrected chi connectivity index (χ3v) is 13.7. The van der Waals surface area contributed by atoms with E-state index in [1.807, 2.05) is 0 Å². The molecule has 1 spiro atoms. The molecule has 0 radical (unpaired) electrons. The lowest BCUT2D eigenvalue weighted by molar-refractivity contribution is -0.137. The minimum absolute atomic E-state index is 0.0813. The maximum atomic E-state index is 14.4. The van der Waals surface area contributed by atoms with E-state index in [1.165, 1.54) is 50.5 Å². The van der Waals surface area contributed by atoms with Gasteiger partial charge in [0, 0.05) is 62.1 Å². The Morgan fingerprint density at radius 1 is 0.923 bits per heavy atom. The van der Waals surface area contributed by atoms with E-state index in [9.17, 15) is 9.59 Å². The number of nitrogens with one attached hydrogen (secondary N) is 2.